The van der Waals surface area contributed by atoms with Gasteiger partial charge in [0, 0.05) is 30.5 Å². The first-order chi connectivity index (χ1) is 12.7. The predicted octanol–water partition coefficient (Wildman–Crippen LogP) is 4.61. The molecule has 0 aliphatic rings. The Bertz CT molecular complexity index is 823. The van der Waals surface area contributed by atoms with Crippen molar-refractivity contribution < 1.29 is 9.47 Å². The molecular formula is C21H21ClN2O2. The molecule has 2 aromatic carbocycles. The van der Waals surface area contributed by atoms with Gasteiger partial charge in [-0.15, -0.1) is 0 Å². The van der Waals surface area contributed by atoms with Crippen LogP contribution in [0.2, 0.25) is 5.02 Å². The number of nitrogens with zero attached hydrogens (tertiary/aromatic N) is 1. The highest BCUT2D eigenvalue weighted by Crippen LogP contribution is 2.29. The smallest absolute Gasteiger partial charge is 0.161 e. The van der Waals surface area contributed by atoms with Crippen LogP contribution >= 0.6 is 11.6 Å². The van der Waals surface area contributed by atoms with Crippen molar-refractivity contribution in [2.75, 3.05) is 7.11 Å². The highest BCUT2D eigenvalue weighted by Gasteiger charge is 2.06. The lowest BCUT2D eigenvalue weighted by Crippen LogP contribution is -2.12. The number of hydrogen-bond acceptors (Lipinski definition) is 4. The Morgan fingerprint density at radius 2 is 1.54 bits per heavy atom. The summed E-state index contributed by atoms with van der Waals surface area (Å²) in [5, 5.41) is 4.13. The van der Waals surface area contributed by atoms with Gasteiger partial charge in [-0.25, -0.2) is 0 Å². The summed E-state index contributed by atoms with van der Waals surface area (Å²) < 4.78 is 11.4. The second-order valence-corrected chi connectivity index (χ2v) is 6.30. The van der Waals surface area contributed by atoms with Crippen molar-refractivity contribution in [3.63, 3.8) is 0 Å². The Balaban J connectivity index is 1.57. The SMILES string of the molecule is COc1cc(CNCc2ccncc2)ccc1OCc1ccc(Cl)cc1. The fourth-order valence-electron chi connectivity index (χ4n) is 2.53. The van der Waals surface area contributed by atoms with Crippen LogP contribution in [0.15, 0.2) is 67.0 Å². The summed E-state index contributed by atoms with van der Waals surface area (Å²) in [6.45, 7) is 2.00. The molecule has 1 heterocycles. The van der Waals surface area contributed by atoms with Crippen LogP contribution in [-0.2, 0) is 19.7 Å². The van der Waals surface area contributed by atoms with Crippen LogP contribution in [0.1, 0.15) is 16.7 Å². The summed E-state index contributed by atoms with van der Waals surface area (Å²) in [5.74, 6) is 1.45. The van der Waals surface area contributed by atoms with E-state index >= 15 is 0 Å². The third-order valence-corrected chi connectivity index (χ3v) is 4.20. The third-order valence-electron chi connectivity index (χ3n) is 3.94. The van der Waals surface area contributed by atoms with E-state index in [1.54, 1.807) is 19.5 Å². The molecule has 4 nitrogen and oxygen atoms in total. The maximum atomic E-state index is 5.90. The lowest BCUT2D eigenvalue weighted by atomic mass is 10.2. The molecule has 3 aromatic rings. The molecule has 1 aromatic heterocycles. The van der Waals surface area contributed by atoms with Crippen molar-refractivity contribution in [3.8, 4) is 11.5 Å². The number of hydrogen-bond donors (Lipinski definition) is 1. The Hall–Kier alpha value is -2.56. The fourth-order valence-corrected chi connectivity index (χ4v) is 2.66. The molecule has 0 radical (unpaired) electrons. The van der Waals surface area contributed by atoms with Gasteiger partial charge < -0.3 is 14.8 Å². The molecule has 0 aliphatic heterocycles. The van der Waals surface area contributed by atoms with Gasteiger partial charge in [0.05, 0.1) is 7.11 Å². The lowest BCUT2D eigenvalue weighted by molar-refractivity contribution is 0.284. The highest BCUT2D eigenvalue weighted by atomic mass is 35.5. The van der Waals surface area contributed by atoms with Gasteiger partial charge in [0.25, 0.3) is 0 Å². The number of benzene rings is 2. The normalized spacial score (nSPS) is 10.5. The van der Waals surface area contributed by atoms with E-state index in [9.17, 15) is 0 Å². The van der Waals surface area contributed by atoms with E-state index in [4.69, 9.17) is 21.1 Å². The number of ether oxygens (including phenoxy) is 2. The van der Waals surface area contributed by atoms with E-state index in [1.165, 1.54) is 5.56 Å². The molecule has 0 atom stereocenters. The maximum absolute atomic E-state index is 5.90. The van der Waals surface area contributed by atoms with Gasteiger partial charge in [-0.2, -0.15) is 0 Å². The molecule has 0 fully saturated rings. The van der Waals surface area contributed by atoms with Gasteiger partial charge in [0.1, 0.15) is 6.61 Å². The standard InChI is InChI=1S/C21H21ClN2O2/c1-25-21-12-18(14-24-13-16-8-10-23-11-9-16)4-7-20(21)26-15-17-2-5-19(22)6-3-17/h2-12,24H,13-15H2,1H3. The van der Waals surface area contributed by atoms with Crippen LogP contribution in [0.3, 0.4) is 0 Å². The molecule has 0 unspecified atom stereocenters. The second-order valence-electron chi connectivity index (χ2n) is 5.86. The van der Waals surface area contributed by atoms with Crippen molar-refractivity contribution in [1.82, 2.24) is 10.3 Å². The minimum atomic E-state index is 0.465. The minimum Gasteiger partial charge on any atom is -0.493 e. The summed E-state index contributed by atoms with van der Waals surface area (Å²) in [6, 6.07) is 17.6. The van der Waals surface area contributed by atoms with Gasteiger partial charge in [-0.05, 0) is 53.1 Å². The van der Waals surface area contributed by atoms with E-state index in [-0.39, 0.29) is 0 Å². The zero-order valence-corrected chi connectivity index (χ0v) is 15.4. The molecule has 0 saturated carbocycles. The van der Waals surface area contributed by atoms with Crippen LogP contribution in [0, 0.1) is 0 Å². The minimum absolute atomic E-state index is 0.465. The summed E-state index contributed by atoms with van der Waals surface area (Å²) in [5.41, 5.74) is 3.39. The summed E-state index contributed by atoms with van der Waals surface area (Å²) in [6.07, 6.45) is 3.60. The predicted molar refractivity (Wildman–Crippen MR) is 104 cm³/mol. The van der Waals surface area contributed by atoms with Crippen LogP contribution in [0.4, 0.5) is 0 Å². The zero-order valence-electron chi connectivity index (χ0n) is 14.6. The number of pyridine rings is 1. The molecule has 0 spiro atoms. The maximum Gasteiger partial charge on any atom is 0.161 e. The molecule has 0 amide bonds. The molecule has 134 valence electrons. The van der Waals surface area contributed by atoms with Crippen LogP contribution in [0.5, 0.6) is 11.5 Å². The third kappa shape index (κ3) is 5.22. The molecule has 3 rings (SSSR count). The second kappa shape index (κ2) is 9.22. The average Bonchev–Trinajstić information content (AvgIpc) is 2.69. The Morgan fingerprint density at radius 3 is 2.27 bits per heavy atom. The van der Waals surface area contributed by atoms with Crippen LogP contribution in [0.25, 0.3) is 0 Å². The molecule has 0 saturated heterocycles. The fraction of sp³-hybridized carbons (Fsp3) is 0.190. The van der Waals surface area contributed by atoms with Crippen molar-refractivity contribution in [1.29, 1.82) is 0 Å². The Kier molecular flexibility index (Phi) is 6.47. The topological polar surface area (TPSA) is 43.4 Å². The largest absolute Gasteiger partial charge is 0.493 e. The Morgan fingerprint density at radius 1 is 0.846 bits per heavy atom. The molecule has 0 aliphatic carbocycles. The first kappa shape index (κ1) is 18.2. The first-order valence-electron chi connectivity index (χ1n) is 8.38. The van der Waals surface area contributed by atoms with Crippen LogP contribution in [-0.4, -0.2) is 12.1 Å². The molecule has 0 bridgehead atoms. The van der Waals surface area contributed by atoms with E-state index in [0.717, 1.165) is 40.7 Å². The van der Waals surface area contributed by atoms with Crippen molar-refractivity contribution in [2.45, 2.75) is 19.7 Å². The number of aromatic nitrogens is 1. The van der Waals surface area contributed by atoms with Gasteiger partial charge in [-0.3, -0.25) is 4.98 Å². The van der Waals surface area contributed by atoms with Gasteiger partial charge >= 0.3 is 0 Å². The summed E-state index contributed by atoms with van der Waals surface area (Å²) in [7, 11) is 1.65. The molecule has 26 heavy (non-hydrogen) atoms. The van der Waals surface area contributed by atoms with Gasteiger partial charge in [-0.1, -0.05) is 29.8 Å². The zero-order chi connectivity index (χ0) is 18.2. The Labute approximate surface area is 158 Å². The van der Waals surface area contributed by atoms with E-state index < -0.39 is 0 Å². The van der Waals surface area contributed by atoms with Crippen molar-refractivity contribution >= 4 is 11.6 Å². The number of halogens is 1. The first-order valence-corrected chi connectivity index (χ1v) is 8.76. The van der Waals surface area contributed by atoms with E-state index in [2.05, 4.69) is 10.3 Å². The summed E-state index contributed by atoms with van der Waals surface area (Å²) >= 11 is 5.90. The summed E-state index contributed by atoms with van der Waals surface area (Å²) in [4.78, 5) is 4.02. The van der Waals surface area contributed by atoms with Gasteiger partial charge in [0.15, 0.2) is 11.5 Å². The highest BCUT2D eigenvalue weighted by molar-refractivity contribution is 6.30. The van der Waals surface area contributed by atoms with Crippen molar-refractivity contribution in [3.05, 3.63) is 88.7 Å². The number of methoxy groups -OCH3 is 1. The molecule has 1 N–H and O–H groups in total. The van der Waals surface area contributed by atoms with E-state index in [0.29, 0.717) is 6.61 Å². The van der Waals surface area contributed by atoms with Crippen LogP contribution < -0.4 is 14.8 Å². The monoisotopic (exact) mass is 368 g/mol. The number of rotatable bonds is 8. The lowest BCUT2D eigenvalue weighted by Gasteiger charge is -2.13. The molecule has 5 heteroatoms. The average molecular weight is 369 g/mol. The quantitative estimate of drug-likeness (QED) is 0.630. The van der Waals surface area contributed by atoms with Crippen molar-refractivity contribution in [2.24, 2.45) is 0 Å². The van der Waals surface area contributed by atoms with E-state index in [1.807, 2.05) is 54.6 Å². The van der Waals surface area contributed by atoms with Gasteiger partial charge in [0.2, 0.25) is 0 Å². The molecular weight excluding hydrogens is 348 g/mol. The number of nitrogens with one attached hydrogen (secondary N) is 1.